The van der Waals surface area contributed by atoms with E-state index in [0.29, 0.717) is 64.6 Å². The summed E-state index contributed by atoms with van der Waals surface area (Å²) in [5.41, 5.74) is 6.48. The number of hydrogen-bond acceptors (Lipinski definition) is 9. The summed E-state index contributed by atoms with van der Waals surface area (Å²) in [6.07, 6.45) is 4.15. The van der Waals surface area contributed by atoms with Gasteiger partial charge in [0, 0.05) is 74.3 Å². The van der Waals surface area contributed by atoms with Crippen LogP contribution in [0.25, 0.3) is 5.69 Å². The van der Waals surface area contributed by atoms with Gasteiger partial charge in [-0.25, -0.2) is 4.68 Å². The van der Waals surface area contributed by atoms with Crippen LogP contribution >= 0.6 is 23.2 Å². The first-order valence-electron chi connectivity index (χ1n) is 17.7. The van der Waals surface area contributed by atoms with Crippen LogP contribution < -0.4 is 26.5 Å². The van der Waals surface area contributed by atoms with Crippen molar-refractivity contribution in [1.82, 2.24) is 14.7 Å². The molecule has 8 rings (SSSR count). The lowest BCUT2D eigenvalue weighted by Crippen LogP contribution is -2.57. The van der Waals surface area contributed by atoms with E-state index >= 15 is 0 Å². The summed E-state index contributed by atoms with van der Waals surface area (Å²) in [5.74, 6) is -0.815. The molecule has 2 amide bonds. The molecule has 2 atom stereocenters. The third-order valence-electron chi connectivity index (χ3n) is 10.5. The van der Waals surface area contributed by atoms with Crippen LogP contribution in [0.2, 0.25) is 10.0 Å². The fourth-order valence-electron chi connectivity index (χ4n) is 7.50. The maximum atomic E-state index is 13.3. The van der Waals surface area contributed by atoms with Gasteiger partial charge < -0.3 is 34.9 Å². The first-order valence-corrected chi connectivity index (χ1v) is 18.4. The standard InChI is InChI=1S/C38H36B2Cl2N6O6/c1-46-14-15-47(26-6-9-29(34(41)19-26)37(49)44-24-4-3-23-11-16-53-39(51)32(23)17-24)21-36(46)31-22-54-40(52)33-18-25(5-8-28(31)33)45-38(50)30-10-7-27(20-35(30)42)48-13-2-12-43-48/h2-10,12-13,17-20,31,36,51-52H,11,14-16,21-22H2,1H3,(H,44,49)(H,45,50). The van der Waals surface area contributed by atoms with Crippen molar-refractivity contribution in [2.75, 3.05) is 55.4 Å². The number of aromatic nitrogens is 2. The van der Waals surface area contributed by atoms with Crippen LogP contribution in [0.3, 0.4) is 0 Å². The van der Waals surface area contributed by atoms with Crippen molar-refractivity contribution in [3.05, 3.63) is 124 Å². The lowest BCUT2D eigenvalue weighted by atomic mass is 9.69. The molecule has 1 saturated heterocycles. The molecule has 3 aliphatic rings. The fourth-order valence-corrected chi connectivity index (χ4v) is 8.02. The molecule has 3 aliphatic heterocycles. The summed E-state index contributed by atoms with van der Waals surface area (Å²) in [5, 5.41) is 31.8. The Balaban J connectivity index is 0.958. The van der Waals surface area contributed by atoms with E-state index in [1.807, 2.05) is 36.4 Å². The molecule has 0 aliphatic carbocycles. The Bertz CT molecular complexity index is 2230. The maximum Gasteiger partial charge on any atom is 0.491 e. The van der Waals surface area contributed by atoms with Crippen LogP contribution in [-0.2, 0) is 15.7 Å². The van der Waals surface area contributed by atoms with Gasteiger partial charge in [-0.15, -0.1) is 0 Å². The van der Waals surface area contributed by atoms with E-state index in [-0.39, 0.29) is 28.8 Å². The zero-order valence-corrected chi connectivity index (χ0v) is 30.8. The molecule has 5 aromatic rings. The van der Waals surface area contributed by atoms with Crippen LogP contribution in [-0.4, -0.2) is 96.7 Å². The molecule has 0 radical (unpaired) electrons. The van der Waals surface area contributed by atoms with Gasteiger partial charge >= 0.3 is 14.2 Å². The highest BCUT2D eigenvalue weighted by Crippen LogP contribution is 2.33. The number of carbonyl (C=O) groups is 2. The van der Waals surface area contributed by atoms with Gasteiger partial charge in [-0.2, -0.15) is 5.10 Å². The molecule has 0 saturated carbocycles. The number of hydrogen-bond donors (Lipinski definition) is 4. The van der Waals surface area contributed by atoms with Gasteiger partial charge in [-0.05, 0) is 102 Å². The summed E-state index contributed by atoms with van der Waals surface area (Å²) >= 11 is 13.2. The maximum absolute atomic E-state index is 13.3. The molecule has 274 valence electrons. The van der Waals surface area contributed by atoms with Gasteiger partial charge in [0.1, 0.15) is 0 Å². The molecule has 4 heterocycles. The number of likely N-dealkylation sites (N-methyl/N-ethyl adjacent to an activating group) is 1. The Kier molecular flexibility index (Phi) is 10.2. The minimum Gasteiger partial charge on any atom is -0.423 e. The van der Waals surface area contributed by atoms with Crippen LogP contribution in [0.15, 0.2) is 91.3 Å². The van der Waals surface area contributed by atoms with Gasteiger partial charge in [-0.1, -0.05) is 35.3 Å². The number of halogens is 2. The smallest absolute Gasteiger partial charge is 0.423 e. The number of nitrogens with one attached hydrogen (secondary N) is 2. The number of anilines is 3. The van der Waals surface area contributed by atoms with E-state index in [1.165, 1.54) is 0 Å². The number of piperazine rings is 1. The molecule has 4 N–H and O–H groups in total. The zero-order chi connectivity index (χ0) is 37.5. The summed E-state index contributed by atoms with van der Waals surface area (Å²) < 4.78 is 12.9. The summed E-state index contributed by atoms with van der Waals surface area (Å²) in [6.45, 7) is 2.92. The van der Waals surface area contributed by atoms with E-state index < -0.39 is 14.2 Å². The van der Waals surface area contributed by atoms with E-state index in [4.69, 9.17) is 32.5 Å². The SMILES string of the molecule is CN1CCN(c2ccc(C(=O)Nc3ccc4c(c3)B(O)OCC4)c(Cl)c2)CC1C1COB(O)c2cc(NC(=O)c3ccc(-n4cccn4)cc3Cl)ccc21. The van der Waals surface area contributed by atoms with Gasteiger partial charge in [0.05, 0.1) is 26.9 Å². The quantitative estimate of drug-likeness (QED) is 0.183. The Morgan fingerprint density at radius 2 is 1.50 bits per heavy atom. The van der Waals surface area contributed by atoms with Gasteiger partial charge in [-0.3, -0.25) is 14.5 Å². The molecular weight excluding hydrogens is 729 g/mol. The second-order valence-corrected chi connectivity index (χ2v) is 14.5. The third-order valence-corrected chi connectivity index (χ3v) is 11.1. The van der Waals surface area contributed by atoms with Crippen LogP contribution in [0.1, 0.15) is 37.8 Å². The largest absolute Gasteiger partial charge is 0.491 e. The normalized spacial score (nSPS) is 18.6. The molecule has 4 aromatic carbocycles. The molecule has 12 nitrogen and oxygen atoms in total. The summed E-state index contributed by atoms with van der Waals surface area (Å²) in [4.78, 5) is 31.1. The Morgan fingerprint density at radius 1 is 0.833 bits per heavy atom. The summed E-state index contributed by atoms with van der Waals surface area (Å²) in [6, 6.07) is 23.3. The van der Waals surface area contributed by atoms with Crippen molar-refractivity contribution >= 4 is 77.2 Å². The predicted molar refractivity (Wildman–Crippen MR) is 211 cm³/mol. The molecule has 0 bridgehead atoms. The Hall–Kier alpha value is -4.66. The molecular formula is C38H36B2Cl2N6O6. The highest BCUT2D eigenvalue weighted by Gasteiger charge is 2.39. The van der Waals surface area contributed by atoms with Crippen molar-refractivity contribution in [2.24, 2.45) is 0 Å². The van der Waals surface area contributed by atoms with Crippen molar-refractivity contribution in [3.8, 4) is 5.69 Å². The Morgan fingerprint density at radius 3 is 2.20 bits per heavy atom. The molecule has 16 heteroatoms. The van der Waals surface area contributed by atoms with Crippen LogP contribution in [0.4, 0.5) is 17.1 Å². The highest BCUT2D eigenvalue weighted by molar-refractivity contribution is 6.61. The molecule has 1 fully saturated rings. The average Bonchev–Trinajstić information content (AvgIpc) is 3.71. The van der Waals surface area contributed by atoms with Gasteiger partial charge in [0.2, 0.25) is 0 Å². The number of nitrogens with zero attached hydrogens (tertiary/aromatic N) is 4. The molecule has 1 aromatic heterocycles. The number of carbonyl (C=O) groups excluding carboxylic acids is 2. The topological polar surface area (TPSA) is 141 Å². The molecule has 54 heavy (non-hydrogen) atoms. The second kappa shape index (κ2) is 15.2. The third kappa shape index (κ3) is 7.26. The van der Waals surface area contributed by atoms with Crippen molar-refractivity contribution in [2.45, 2.75) is 18.4 Å². The predicted octanol–water partition coefficient (Wildman–Crippen LogP) is 3.57. The molecule has 0 spiro atoms. The zero-order valence-electron chi connectivity index (χ0n) is 29.3. The summed E-state index contributed by atoms with van der Waals surface area (Å²) in [7, 11) is -0.0876. The fraction of sp³-hybridized carbons (Fsp3) is 0.237. The van der Waals surface area contributed by atoms with Crippen LogP contribution in [0, 0.1) is 0 Å². The number of benzene rings is 4. The van der Waals surface area contributed by atoms with Crippen molar-refractivity contribution in [3.63, 3.8) is 0 Å². The average molecular weight is 765 g/mol. The van der Waals surface area contributed by atoms with E-state index in [0.717, 1.165) is 35.6 Å². The van der Waals surface area contributed by atoms with Gasteiger partial charge in [0.25, 0.3) is 11.8 Å². The van der Waals surface area contributed by atoms with Crippen molar-refractivity contribution in [1.29, 1.82) is 0 Å². The number of fused-ring (bicyclic) bond motifs is 2. The van der Waals surface area contributed by atoms with Gasteiger partial charge in [0.15, 0.2) is 0 Å². The Labute approximate surface area is 322 Å². The lowest BCUT2D eigenvalue weighted by molar-refractivity contribution is 0.101. The minimum atomic E-state index is -1.15. The minimum absolute atomic E-state index is 0.0163. The number of amides is 2. The first kappa shape index (κ1) is 36.3. The van der Waals surface area contributed by atoms with Crippen LogP contribution in [0.5, 0.6) is 0 Å². The van der Waals surface area contributed by atoms with E-state index in [1.54, 1.807) is 59.5 Å². The number of rotatable bonds is 7. The van der Waals surface area contributed by atoms with Crippen molar-refractivity contribution < 1.29 is 28.9 Å². The highest BCUT2D eigenvalue weighted by atomic mass is 35.5. The first-order chi connectivity index (χ1) is 26.1. The lowest BCUT2D eigenvalue weighted by Gasteiger charge is -2.45. The second-order valence-electron chi connectivity index (χ2n) is 13.7. The monoisotopic (exact) mass is 764 g/mol. The van der Waals surface area contributed by atoms with E-state index in [9.17, 15) is 19.6 Å². The molecule has 2 unspecified atom stereocenters. The van der Waals surface area contributed by atoms with E-state index in [2.05, 4.69) is 32.6 Å².